The lowest BCUT2D eigenvalue weighted by Crippen LogP contribution is -2.37. The highest BCUT2D eigenvalue weighted by molar-refractivity contribution is 6.31. The molecule has 2 aromatic heterocycles. The quantitative estimate of drug-likeness (QED) is 0.516. The molecule has 0 spiro atoms. The summed E-state index contributed by atoms with van der Waals surface area (Å²) >= 11 is 6.12. The van der Waals surface area contributed by atoms with Crippen molar-refractivity contribution in [2.75, 3.05) is 7.05 Å². The van der Waals surface area contributed by atoms with Gasteiger partial charge in [-0.2, -0.15) is 28.2 Å². The number of amides is 1. The van der Waals surface area contributed by atoms with E-state index in [-0.39, 0.29) is 11.9 Å². The third-order valence-electron chi connectivity index (χ3n) is 5.05. The standard InChI is InChI=1S/C21H21ClF3N5O/c1-3-17(8-7-16-6-4-14(13-26-16)21(23,24)25)29(2)20(31)18-12-15(22)5-9-19(18)30-27-10-11-28-30/h4-6,9-13,17H,3,7-8H2,1-2H3/t17-/m0/s1. The fraction of sp³-hybridized carbons (Fsp3) is 0.333. The molecule has 3 aromatic rings. The maximum Gasteiger partial charge on any atom is 0.417 e. The second kappa shape index (κ2) is 9.47. The molecule has 0 unspecified atom stereocenters. The zero-order valence-corrected chi connectivity index (χ0v) is 17.7. The number of benzene rings is 1. The lowest BCUT2D eigenvalue weighted by atomic mass is 10.0. The number of pyridine rings is 1. The molecule has 3 rings (SSSR count). The molecule has 0 saturated carbocycles. The van der Waals surface area contributed by atoms with Crippen molar-refractivity contribution in [1.29, 1.82) is 0 Å². The van der Waals surface area contributed by atoms with Gasteiger partial charge in [0.1, 0.15) is 0 Å². The SMILES string of the molecule is CC[C@@H](CCc1ccc(C(F)(F)F)cn1)N(C)C(=O)c1cc(Cl)ccc1-n1nccn1. The summed E-state index contributed by atoms with van der Waals surface area (Å²) in [6, 6.07) is 7.15. The number of carbonyl (C=O) groups is 1. The Hall–Kier alpha value is -2.94. The van der Waals surface area contributed by atoms with Crippen LogP contribution in [0.25, 0.3) is 5.69 Å². The topological polar surface area (TPSA) is 63.9 Å². The predicted octanol–water partition coefficient (Wildman–Crippen LogP) is 4.82. The molecule has 0 aliphatic carbocycles. The Balaban J connectivity index is 1.74. The van der Waals surface area contributed by atoms with Gasteiger partial charge in [-0.15, -0.1) is 0 Å². The van der Waals surface area contributed by atoms with Crippen LogP contribution in [0.15, 0.2) is 48.9 Å². The molecule has 0 aliphatic rings. The number of alkyl halides is 3. The third kappa shape index (κ3) is 5.41. The van der Waals surface area contributed by atoms with Crippen LogP contribution in [-0.2, 0) is 12.6 Å². The highest BCUT2D eigenvalue weighted by atomic mass is 35.5. The highest BCUT2D eigenvalue weighted by Crippen LogP contribution is 2.28. The Morgan fingerprint density at radius 3 is 2.48 bits per heavy atom. The van der Waals surface area contributed by atoms with Crippen molar-refractivity contribution in [3.8, 4) is 5.69 Å². The van der Waals surface area contributed by atoms with E-state index in [1.54, 1.807) is 30.1 Å². The van der Waals surface area contributed by atoms with Gasteiger partial charge >= 0.3 is 6.18 Å². The number of aryl methyl sites for hydroxylation is 1. The molecular formula is C21H21ClF3N5O. The lowest BCUT2D eigenvalue weighted by molar-refractivity contribution is -0.137. The van der Waals surface area contributed by atoms with Crippen LogP contribution >= 0.6 is 11.6 Å². The van der Waals surface area contributed by atoms with E-state index in [2.05, 4.69) is 15.2 Å². The van der Waals surface area contributed by atoms with Crippen molar-refractivity contribution in [3.05, 3.63) is 70.8 Å². The molecule has 0 bridgehead atoms. The Morgan fingerprint density at radius 2 is 1.90 bits per heavy atom. The number of halogens is 4. The van der Waals surface area contributed by atoms with Crippen LogP contribution in [0.3, 0.4) is 0 Å². The van der Waals surface area contributed by atoms with Crippen LogP contribution in [0, 0.1) is 0 Å². The van der Waals surface area contributed by atoms with Crippen molar-refractivity contribution in [2.24, 2.45) is 0 Å². The van der Waals surface area contributed by atoms with Crippen molar-refractivity contribution >= 4 is 17.5 Å². The van der Waals surface area contributed by atoms with E-state index in [4.69, 9.17) is 11.6 Å². The molecule has 0 fully saturated rings. The summed E-state index contributed by atoms with van der Waals surface area (Å²) in [5, 5.41) is 8.59. The van der Waals surface area contributed by atoms with Crippen LogP contribution in [-0.4, -0.2) is 43.9 Å². The second-order valence-electron chi connectivity index (χ2n) is 7.03. The minimum absolute atomic E-state index is 0.144. The zero-order chi connectivity index (χ0) is 22.6. The molecule has 1 aromatic carbocycles. The summed E-state index contributed by atoms with van der Waals surface area (Å²) < 4.78 is 38.1. The van der Waals surface area contributed by atoms with E-state index in [1.165, 1.54) is 23.3 Å². The average Bonchev–Trinajstić information content (AvgIpc) is 3.27. The van der Waals surface area contributed by atoms with Gasteiger partial charge in [-0.3, -0.25) is 9.78 Å². The third-order valence-corrected chi connectivity index (χ3v) is 5.28. The minimum atomic E-state index is -4.41. The van der Waals surface area contributed by atoms with Gasteiger partial charge in [0.2, 0.25) is 0 Å². The van der Waals surface area contributed by atoms with Crippen molar-refractivity contribution in [2.45, 2.75) is 38.4 Å². The number of aromatic nitrogens is 4. The van der Waals surface area contributed by atoms with Gasteiger partial charge in [-0.1, -0.05) is 18.5 Å². The molecule has 1 atom stereocenters. The van der Waals surface area contributed by atoms with Crippen molar-refractivity contribution < 1.29 is 18.0 Å². The normalized spacial score (nSPS) is 12.6. The Kier molecular flexibility index (Phi) is 6.94. The first-order valence-electron chi connectivity index (χ1n) is 9.66. The first kappa shape index (κ1) is 22.7. The summed E-state index contributed by atoms with van der Waals surface area (Å²) in [7, 11) is 1.69. The number of nitrogens with zero attached hydrogens (tertiary/aromatic N) is 5. The summed E-state index contributed by atoms with van der Waals surface area (Å²) in [5.41, 5.74) is 0.621. The monoisotopic (exact) mass is 451 g/mol. The fourth-order valence-corrected chi connectivity index (χ4v) is 3.45. The van der Waals surface area contributed by atoms with Gasteiger partial charge in [-0.05, 0) is 49.6 Å². The smallest absolute Gasteiger partial charge is 0.339 e. The Bertz CT molecular complexity index is 1020. The van der Waals surface area contributed by atoms with Crippen LogP contribution in [0.1, 0.15) is 41.4 Å². The predicted molar refractivity (Wildman–Crippen MR) is 110 cm³/mol. The Labute approximate surface area is 182 Å². The van der Waals surface area contributed by atoms with Crippen molar-refractivity contribution in [1.82, 2.24) is 24.9 Å². The molecule has 6 nitrogen and oxygen atoms in total. The summed E-state index contributed by atoms with van der Waals surface area (Å²) in [4.78, 5) is 20.1. The molecule has 0 aliphatic heterocycles. The molecule has 2 heterocycles. The van der Waals surface area contributed by atoms with E-state index >= 15 is 0 Å². The van der Waals surface area contributed by atoms with Gasteiger partial charge in [0.25, 0.3) is 5.91 Å². The van der Waals surface area contributed by atoms with Crippen LogP contribution in [0.2, 0.25) is 5.02 Å². The van der Waals surface area contributed by atoms with Crippen LogP contribution < -0.4 is 0 Å². The van der Waals surface area contributed by atoms with Crippen LogP contribution in [0.5, 0.6) is 0 Å². The second-order valence-corrected chi connectivity index (χ2v) is 7.47. The van der Waals surface area contributed by atoms with Crippen molar-refractivity contribution in [3.63, 3.8) is 0 Å². The summed E-state index contributed by atoms with van der Waals surface area (Å²) in [6.45, 7) is 1.95. The highest BCUT2D eigenvalue weighted by Gasteiger charge is 2.30. The molecular weight excluding hydrogens is 431 g/mol. The lowest BCUT2D eigenvalue weighted by Gasteiger charge is -2.28. The van der Waals surface area contributed by atoms with Crippen LogP contribution in [0.4, 0.5) is 13.2 Å². The number of hydrogen-bond donors (Lipinski definition) is 0. The zero-order valence-electron chi connectivity index (χ0n) is 17.0. The molecule has 0 saturated heterocycles. The van der Waals surface area contributed by atoms with E-state index in [0.29, 0.717) is 41.2 Å². The number of hydrogen-bond acceptors (Lipinski definition) is 4. The molecule has 0 radical (unpaired) electrons. The maximum atomic E-state index is 13.2. The average molecular weight is 452 g/mol. The van der Waals surface area contributed by atoms with Gasteiger partial charge in [0, 0.05) is 30.0 Å². The van der Waals surface area contributed by atoms with Gasteiger partial charge in [-0.25, -0.2) is 0 Å². The van der Waals surface area contributed by atoms with Gasteiger partial charge in [0.05, 0.1) is 29.2 Å². The maximum absolute atomic E-state index is 13.2. The molecule has 0 N–H and O–H groups in total. The Morgan fingerprint density at radius 1 is 1.19 bits per heavy atom. The molecule has 164 valence electrons. The number of rotatable bonds is 7. The fourth-order valence-electron chi connectivity index (χ4n) is 3.28. The molecule has 31 heavy (non-hydrogen) atoms. The first-order chi connectivity index (χ1) is 14.7. The molecule has 1 amide bonds. The summed E-state index contributed by atoms with van der Waals surface area (Å²) in [5.74, 6) is -0.248. The largest absolute Gasteiger partial charge is 0.417 e. The van der Waals surface area contributed by atoms with E-state index < -0.39 is 11.7 Å². The number of carbonyl (C=O) groups excluding carboxylic acids is 1. The minimum Gasteiger partial charge on any atom is -0.339 e. The van der Waals surface area contributed by atoms with E-state index in [9.17, 15) is 18.0 Å². The summed E-state index contributed by atoms with van der Waals surface area (Å²) in [6.07, 6.45) is 1.10. The van der Waals surface area contributed by atoms with E-state index in [1.807, 2.05) is 6.92 Å². The molecule has 10 heteroatoms. The first-order valence-corrected chi connectivity index (χ1v) is 10.0. The van der Waals surface area contributed by atoms with Gasteiger partial charge in [0.15, 0.2) is 0 Å². The van der Waals surface area contributed by atoms with E-state index in [0.717, 1.165) is 12.3 Å². The van der Waals surface area contributed by atoms with Gasteiger partial charge < -0.3 is 4.90 Å².